The van der Waals surface area contributed by atoms with Crippen molar-refractivity contribution < 1.29 is 9.90 Å². The maximum absolute atomic E-state index is 11.6. The van der Waals surface area contributed by atoms with Crippen molar-refractivity contribution in [2.45, 2.75) is 12.3 Å². The Bertz CT molecular complexity index is 394. The van der Waals surface area contributed by atoms with E-state index in [1.165, 1.54) is 0 Å². The fourth-order valence-corrected chi connectivity index (χ4v) is 2.10. The predicted molar refractivity (Wildman–Crippen MR) is 62.4 cm³/mol. The third-order valence-corrected chi connectivity index (χ3v) is 3.05. The number of rotatable bonds is 4. The van der Waals surface area contributed by atoms with Crippen LogP contribution in [0.4, 0.5) is 0 Å². The number of aliphatic hydroxyl groups is 1. The number of hydrogen-bond acceptors (Lipinski definition) is 2. The quantitative estimate of drug-likeness (QED) is 0.838. The molecule has 1 aliphatic rings. The van der Waals surface area contributed by atoms with E-state index in [0.29, 0.717) is 11.6 Å². The van der Waals surface area contributed by atoms with Crippen LogP contribution in [0.15, 0.2) is 24.3 Å². The third-order valence-electron chi connectivity index (χ3n) is 2.82. The van der Waals surface area contributed by atoms with Gasteiger partial charge in [-0.3, -0.25) is 4.79 Å². The number of carbonyl (C=O) groups excluding carboxylic acids is 1. The van der Waals surface area contributed by atoms with Gasteiger partial charge in [-0.1, -0.05) is 23.7 Å². The summed E-state index contributed by atoms with van der Waals surface area (Å²) in [4.78, 5) is 11.6. The number of amides is 1. The Morgan fingerprint density at radius 3 is 3.06 bits per heavy atom. The summed E-state index contributed by atoms with van der Waals surface area (Å²) < 4.78 is 0. The standard InChI is InChI=1S/C12H14ClNO2/c13-9-3-1-2-8(6-9)10-7-11(10)12(16)14-4-5-15/h1-3,6,10-11,15H,4-5,7H2,(H,14,16). The fourth-order valence-electron chi connectivity index (χ4n) is 1.90. The molecule has 2 atom stereocenters. The van der Waals surface area contributed by atoms with Gasteiger partial charge in [-0.15, -0.1) is 0 Å². The summed E-state index contributed by atoms with van der Waals surface area (Å²) in [6.07, 6.45) is 0.873. The number of carbonyl (C=O) groups is 1. The van der Waals surface area contributed by atoms with Crippen LogP contribution >= 0.6 is 11.6 Å². The largest absolute Gasteiger partial charge is 0.395 e. The summed E-state index contributed by atoms with van der Waals surface area (Å²) in [6.45, 7) is 0.317. The first-order valence-electron chi connectivity index (χ1n) is 5.36. The molecule has 3 nitrogen and oxygen atoms in total. The zero-order valence-corrected chi connectivity index (χ0v) is 9.57. The molecule has 2 N–H and O–H groups in total. The summed E-state index contributed by atoms with van der Waals surface area (Å²) in [5.41, 5.74) is 1.12. The van der Waals surface area contributed by atoms with Crippen LogP contribution < -0.4 is 5.32 Å². The van der Waals surface area contributed by atoms with E-state index in [1.807, 2.05) is 24.3 Å². The molecule has 4 heteroatoms. The molecule has 0 radical (unpaired) electrons. The summed E-state index contributed by atoms with van der Waals surface area (Å²) >= 11 is 5.89. The highest BCUT2D eigenvalue weighted by Gasteiger charge is 2.43. The van der Waals surface area contributed by atoms with Crippen molar-refractivity contribution in [1.82, 2.24) is 5.32 Å². The molecule has 0 saturated heterocycles. The molecule has 2 rings (SSSR count). The molecular formula is C12H14ClNO2. The molecule has 2 unspecified atom stereocenters. The predicted octanol–water partition coefficient (Wildman–Crippen LogP) is 1.55. The van der Waals surface area contributed by atoms with Gasteiger partial charge in [-0.2, -0.15) is 0 Å². The topological polar surface area (TPSA) is 49.3 Å². The Morgan fingerprint density at radius 1 is 1.56 bits per heavy atom. The van der Waals surface area contributed by atoms with E-state index in [-0.39, 0.29) is 24.3 Å². The maximum Gasteiger partial charge on any atom is 0.223 e. The van der Waals surface area contributed by atoms with Crippen molar-refractivity contribution in [1.29, 1.82) is 0 Å². The van der Waals surface area contributed by atoms with Gasteiger partial charge >= 0.3 is 0 Å². The van der Waals surface area contributed by atoms with Crippen molar-refractivity contribution in [2.75, 3.05) is 13.2 Å². The zero-order chi connectivity index (χ0) is 11.5. The van der Waals surface area contributed by atoms with Gasteiger partial charge in [0.05, 0.1) is 6.61 Å². The SMILES string of the molecule is O=C(NCCO)C1CC1c1cccc(Cl)c1. The molecule has 0 heterocycles. The molecule has 1 aromatic rings. The van der Waals surface area contributed by atoms with Crippen molar-refractivity contribution in [3.63, 3.8) is 0 Å². The van der Waals surface area contributed by atoms with Crippen molar-refractivity contribution >= 4 is 17.5 Å². The van der Waals surface area contributed by atoms with E-state index < -0.39 is 0 Å². The van der Waals surface area contributed by atoms with Crippen molar-refractivity contribution in [2.24, 2.45) is 5.92 Å². The number of nitrogens with one attached hydrogen (secondary N) is 1. The number of aliphatic hydroxyl groups excluding tert-OH is 1. The number of hydrogen-bond donors (Lipinski definition) is 2. The Kier molecular flexibility index (Phi) is 3.46. The van der Waals surface area contributed by atoms with Crippen LogP contribution in [0.1, 0.15) is 17.9 Å². The minimum Gasteiger partial charge on any atom is -0.395 e. The van der Waals surface area contributed by atoms with Gasteiger partial charge in [0.15, 0.2) is 0 Å². The van der Waals surface area contributed by atoms with Crippen LogP contribution in [0.2, 0.25) is 5.02 Å². The summed E-state index contributed by atoms with van der Waals surface area (Å²) in [7, 11) is 0. The van der Waals surface area contributed by atoms with E-state index in [1.54, 1.807) is 0 Å². The molecule has 1 amide bonds. The van der Waals surface area contributed by atoms with Gasteiger partial charge in [0.2, 0.25) is 5.91 Å². The van der Waals surface area contributed by atoms with E-state index in [2.05, 4.69) is 5.32 Å². The molecule has 0 spiro atoms. The minimum atomic E-state index is -0.0136. The molecule has 1 aromatic carbocycles. The first-order chi connectivity index (χ1) is 7.72. The summed E-state index contributed by atoms with van der Waals surface area (Å²) in [5.74, 6) is 0.362. The highest BCUT2D eigenvalue weighted by atomic mass is 35.5. The fraction of sp³-hybridized carbons (Fsp3) is 0.417. The van der Waals surface area contributed by atoms with Crippen molar-refractivity contribution in [3.8, 4) is 0 Å². The van der Waals surface area contributed by atoms with E-state index in [4.69, 9.17) is 16.7 Å². The average Bonchev–Trinajstić information content (AvgIpc) is 3.06. The lowest BCUT2D eigenvalue weighted by molar-refractivity contribution is -0.122. The molecule has 1 aliphatic carbocycles. The average molecular weight is 240 g/mol. The molecule has 16 heavy (non-hydrogen) atoms. The first kappa shape index (κ1) is 11.4. The second-order valence-corrected chi connectivity index (χ2v) is 4.45. The van der Waals surface area contributed by atoms with E-state index >= 15 is 0 Å². The Morgan fingerprint density at radius 2 is 2.38 bits per heavy atom. The Labute approximate surface area is 99.4 Å². The molecule has 1 fully saturated rings. The lowest BCUT2D eigenvalue weighted by Gasteiger charge is -2.03. The van der Waals surface area contributed by atoms with E-state index in [0.717, 1.165) is 12.0 Å². The Balaban J connectivity index is 1.93. The molecule has 0 bridgehead atoms. The lowest BCUT2D eigenvalue weighted by atomic mass is 10.1. The monoisotopic (exact) mass is 239 g/mol. The minimum absolute atomic E-state index is 0.0136. The lowest BCUT2D eigenvalue weighted by Crippen LogP contribution is -2.28. The first-order valence-corrected chi connectivity index (χ1v) is 5.74. The smallest absolute Gasteiger partial charge is 0.223 e. The van der Waals surface area contributed by atoms with Crippen LogP contribution in [0, 0.1) is 5.92 Å². The van der Waals surface area contributed by atoms with Crippen LogP contribution in [0.3, 0.4) is 0 Å². The number of halogens is 1. The third kappa shape index (κ3) is 2.54. The molecule has 0 aromatic heterocycles. The van der Waals surface area contributed by atoms with Gasteiger partial charge < -0.3 is 10.4 Å². The van der Waals surface area contributed by atoms with Gasteiger partial charge in [-0.25, -0.2) is 0 Å². The van der Waals surface area contributed by atoms with Gasteiger partial charge in [0, 0.05) is 17.5 Å². The van der Waals surface area contributed by atoms with E-state index in [9.17, 15) is 4.79 Å². The summed E-state index contributed by atoms with van der Waals surface area (Å²) in [5, 5.41) is 12.0. The number of benzene rings is 1. The highest BCUT2D eigenvalue weighted by molar-refractivity contribution is 6.30. The second-order valence-electron chi connectivity index (χ2n) is 4.02. The van der Waals surface area contributed by atoms with Crippen LogP contribution in [0.25, 0.3) is 0 Å². The highest BCUT2D eigenvalue weighted by Crippen LogP contribution is 2.47. The van der Waals surface area contributed by atoms with Crippen LogP contribution in [0.5, 0.6) is 0 Å². The van der Waals surface area contributed by atoms with Crippen LogP contribution in [-0.4, -0.2) is 24.2 Å². The molecule has 0 aliphatic heterocycles. The molecular weight excluding hydrogens is 226 g/mol. The van der Waals surface area contributed by atoms with Gasteiger partial charge in [-0.05, 0) is 30.0 Å². The maximum atomic E-state index is 11.6. The van der Waals surface area contributed by atoms with Crippen LogP contribution in [-0.2, 0) is 4.79 Å². The van der Waals surface area contributed by atoms with Gasteiger partial charge in [0.1, 0.15) is 0 Å². The zero-order valence-electron chi connectivity index (χ0n) is 8.82. The summed E-state index contributed by atoms with van der Waals surface area (Å²) in [6, 6.07) is 7.63. The van der Waals surface area contributed by atoms with Gasteiger partial charge in [0.25, 0.3) is 0 Å². The second kappa shape index (κ2) is 4.85. The van der Waals surface area contributed by atoms with Crippen molar-refractivity contribution in [3.05, 3.63) is 34.9 Å². The molecule has 86 valence electrons. The normalized spacial score (nSPS) is 22.9. The molecule has 1 saturated carbocycles. The Hall–Kier alpha value is -1.06.